The van der Waals surface area contributed by atoms with Crippen LogP contribution in [0.1, 0.15) is 41.5 Å². The first kappa shape index (κ1) is 14.4. The van der Waals surface area contributed by atoms with Crippen LogP contribution >= 0.6 is 0 Å². The monoisotopic (exact) mass is 282 g/mol. The van der Waals surface area contributed by atoms with E-state index in [1.165, 1.54) is 0 Å². The van der Waals surface area contributed by atoms with E-state index in [-0.39, 0.29) is 23.0 Å². The largest absolute Gasteiger partial charge is 0.489 e. The highest BCUT2D eigenvalue weighted by Crippen LogP contribution is 2.42. The van der Waals surface area contributed by atoms with Crippen LogP contribution < -0.4 is 0 Å². The van der Waals surface area contributed by atoms with Gasteiger partial charge in [-0.2, -0.15) is 5.10 Å². The van der Waals surface area contributed by atoms with Crippen LogP contribution in [0.15, 0.2) is 10.2 Å². The van der Waals surface area contributed by atoms with E-state index in [1.807, 2.05) is 13.8 Å². The second-order valence-corrected chi connectivity index (χ2v) is 10.5. The Hall–Kier alpha value is -1.01. The zero-order valence-corrected chi connectivity index (χ0v) is 13.4. The molecule has 2 aliphatic rings. The number of nitrogens with zero attached hydrogens (tertiary/aromatic N) is 2. The molecule has 0 saturated carbocycles. The summed E-state index contributed by atoms with van der Waals surface area (Å²) in [5.74, 6) is -0.575. The van der Waals surface area contributed by atoms with Gasteiger partial charge in [0.1, 0.15) is 0 Å². The van der Waals surface area contributed by atoms with Crippen molar-refractivity contribution in [2.24, 2.45) is 16.1 Å². The fraction of sp³-hybridized carbons (Fsp3) is 0.769. The van der Waals surface area contributed by atoms with Gasteiger partial charge in [-0.25, -0.2) is 4.79 Å². The van der Waals surface area contributed by atoms with Gasteiger partial charge in [0.25, 0.3) is 0 Å². The van der Waals surface area contributed by atoms with Crippen LogP contribution in [0.3, 0.4) is 0 Å². The van der Waals surface area contributed by atoms with Crippen LogP contribution in [0.4, 0.5) is 0 Å². The Morgan fingerprint density at radius 3 is 2.37 bits per heavy atom. The van der Waals surface area contributed by atoms with E-state index in [4.69, 9.17) is 8.85 Å². The minimum Gasteiger partial charge on any atom is -0.489 e. The minimum absolute atomic E-state index is 0.187. The quantitative estimate of drug-likeness (QED) is 0.732. The van der Waals surface area contributed by atoms with Gasteiger partial charge in [0.2, 0.25) is 0 Å². The fourth-order valence-corrected chi connectivity index (χ4v) is 6.46. The van der Waals surface area contributed by atoms with Crippen molar-refractivity contribution in [2.75, 3.05) is 0 Å². The molecule has 0 aromatic carbocycles. The normalized spacial score (nSPS) is 28.1. The number of fused-ring (bicyclic) bond motifs is 1. The Labute approximate surface area is 115 Å². The minimum atomic E-state index is -2.64. The number of carbonyl (C=O) groups excluding carboxylic acids is 1. The van der Waals surface area contributed by atoms with E-state index in [0.29, 0.717) is 5.71 Å². The smallest absolute Gasteiger partial charge is 0.407 e. The summed E-state index contributed by atoms with van der Waals surface area (Å²) in [7, 11) is -2.64. The summed E-state index contributed by atoms with van der Waals surface area (Å²) in [5, 5.41) is 7.78. The molecule has 106 valence electrons. The first-order valence-electron chi connectivity index (χ1n) is 6.75. The summed E-state index contributed by atoms with van der Waals surface area (Å²) in [6, 6.07) is 0. The van der Waals surface area contributed by atoms with Crippen LogP contribution in [0.25, 0.3) is 0 Å². The highest BCUT2D eigenvalue weighted by atomic mass is 28.4. The molecule has 5 nitrogen and oxygen atoms in total. The van der Waals surface area contributed by atoms with Crippen molar-refractivity contribution >= 4 is 26.5 Å². The molecule has 6 heteroatoms. The zero-order chi connectivity index (χ0) is 14.4. The number of hydrogen-bond acceptors (Lipinski definition) is 5. The molecule has 1 fully saturated rings. The third kappa shape index (κ3) is 2.16. The second-order valence-electron chi connectivity index (χ2n) is 6.35. The van der Waals surface area contributed by atoms with Crippen LogP contribution in [0, 0.1) is 5.92 Å². The molecule has 0 spiro atoms. The van der Waals surface area contributed by atoms with Crippen LogP contribution in [0.2, 0.25) is 11.1 Å². The van der Waals surface area contributed by atoms with Crippen molar-refractivity contribution in [3.63, 3.8) is 0 Å². The van der Waals surface area contributed by atoms with E-state index in [1.54, 1.807) is 6.21 Å². The van der Waals surface area contributed by atoms with Crippen molar-refractivity contribution in [1.29, 1.82) is 0 Å². The lowest BCUT2D eigenvalue weighted by molar-refractivity contribution is -0.129. The average Bonchev–Trinajstić information content (AvgIpc) is 2.73. The van der Waals surface area contributed by atoms with Crippen LogP contribution in [-0.4, -0.2) is 32.1 Å². The van der Waals surface area contributed by atoms with Crippen molar-refractivity contribution in [1.82, 2.24) is 0 Å². The first-order valence-corrected chi connectivity index (χ1v) is 8.72. The van der Waals surface area contributed by atoms with Crippen LogP contribution in [0.5, 0.6) is 0 Å². The second kappa shape index (κ2) is 4.52. The van der Waals surface area contributed by atoms with Crippen molar-refractivity contribution < 1.29 is 13.6 Å². The predicted molar refractivity (Wildman–Crippen MR) is 76.6 cm³/mol. The molecule has 0 aromatic rings. The molecule has 0 bridgehead atoms. The molecule has 1 saturated heterocycles. The van der Waals surface area contributed by atoms with E-state index < -0.39 is 14.2 Å². The maximum atomic E-state index is 12.3. The Morgan fingerprint density at radius 2 is 1.84 bits per heavy atom. The maximum absolute atomic E-state index is 12.3. The zero-order valence-electron chi connectivity index (χ0n) is 12.4. The topological polar surface area (TPSA) is 60.2 Å². The molecular formula is C13H22N2O3Si. The van der Waals surface area contributed by atoms with Crippen molar-refractivity contribution in [3.8, 4) is 0 Å². The SMILES string of the molecule is CC(C)[Si]1(C(C)C)OC(=O)C2=NN=CC2C(C)(C)O1. The Kier molecular flexibility index (Phi) is 3.43. The van der Waals surface area contributed by atoms with Crippen molar-refractivity contribution in [2.45, 2.75) is 58.2 Å². The summed E-state index contributed by atoms with van der Waals surface area (Å²) in [6.07, 6.45) is 1.68. The van der Waals surface area contributed by atoms with Gasteiger partial charge in [0.15, 0.2) is 5.71 Å². The van der Waals surface area contributed by atoms with Gasteiger partial charge < -0.3 is 8.85 Å². The van der Waals surface area contributed by atoms with E-state index >= 15 is 0 Å². The van der Waals surface area contributed by atoms with Crippen molar-refractivity contribution in [3.05, 3.63) is 0 Å². The first-order chi connectivity index (χ1) is 8.70. The fourth-order valence-electron chi connectivity index (χ4n) is 2.80. The highest BCUT2D eigenvalue weighted by Gasteiger charge is 2.57. The molecule has 1 unspecified atom stereocenters. The molecule has 2 heterocycles. The summed E-state index contributed by atoms with van der Waals surface area (Å²) in [4.78, 5) is 12.3. The standard InChI is InChI=1S/C13H22N2O3Si/c1-8(2)19(9(3)4)17-12(16)11-10(7-14-15-11)13(5,6)18-19/h7-10H,1-6H3. The number of rotatable bonds is 2. The number of carbonyl (C=O) groups is 1. The summed E-state index contributed by atoms with van der Waals surface area (Å²) in [5.41, 5.74) is 0.228. The maximum Gasteiger partial charge on any atom is 0.407 e. The predicted octanol–water partition coefficient (Wildman–Crippen LogP) is 2.66. The Bertz CT molecular complexity index is 447. The molecule has 2 aliphatic heterocycles. The van der Waals surface area contributed by atoms with Gasteiger partial charge in [-0.1, -0.05) is 27.7 Å². The molecule has 2 rings (SSSR count). The molecular weight excluding hydrogens is 260 g/mol. The Balaban J connectivity index is 2.49. The van der Waals surface area contributed by atoms with Gasteiger partial charge >= 0.3 is 14.5 Å². The molecule has 0 amide bonds. The van der Waals surface area contributed by atoms with E-state index in [0.717, 1.165) is 0 Å². The Morgan fingerprint density at radius 1 is 1.26 bits per heavy atom. The molecule has 0 radical (unpaired) electrons. The third-order valence-electron chi connectivity index (χ3n) is 3.92. The van der Waals surface area contributed by atoms with E-state index in [2.05, 4.69) is 37.9 Å². The molecule has 0 N–H and O–H groups in total. The third-order valence-corrected chi connectivity index (χ3v) is 8.49. The lowest BCUT2D eigenvalue weighted by atomic mass is 9.88. The van der Waals surface area contributed by atoms with Gasteiger partial charge in [-0.15, -0.1) is 5.10 Å². The lowest BCUT2D eigenvalue weighted by Gasteiger charge is -2.41. The lowest BCUT2D eigenvalue weighted by Crippen LogP contribution is -2.53. The summed E-state index contributed by atoms with van der Waals surface area (Å²) >= 11 is 0. The van der Waals surface area contributed by atoms with Gasteiger partial charge in [-0.05, 0) is 13.8 Å². The summed E-state index contributed by atoms with van der Waals surface area (Å²) < 4.78 is 12.3. The van der Waals surface area contributed by atoms with E-state index in [9.17, 15) is 4.79 Å². The molecule has 19 heavy (non-hydrogen) atoms. The van der Waals surface area contributed by atoms with Gasteiger partial charge in [0, 0.05) is 17.3 Å². The number of hydrogen-bond donors (Lipinski definition) is 0. The average molecular weight is 282 g/mol. The molecule has 0 aromatic heterocycles. The van der Waals surface area contributed by atoms with Gasteiger partial charge in [0.05, 0.1) is 11.5 Å². The van der Waals surface area contributed by atoms with Crippen LogP contribution in [-0.2, 0) is 13.6 Å². The van der Waals surface area contributed by atoms with Gasteiger partial charge in [-0.3, -0.25) is 0 Å². The molecule has 0 aliphatic carbocycles. The highest BCUT2D eigenvalue weighted by molar-refractivity contribution is 6.73. The summed E-state index contributed by atoms with van der Waals surface area (Å²) in [6.45, 7) is 12.2. The molecule has 1 atom stereocenters.